The third kappa shape index (κ3) is 6.46. The maximum absolute atomic E-state index is 10.9. The van der Waals surface area contributed by atoms with Crippen LogP contribution in [0.2, 0.25) is 0 Å². The summed E-state index contributed by atoms with van der Waals surface area (Å²) >= 11 is 0. The molecule has 0 fully saturated rings. The second-order valence-electron chi connectivity index (χ2n) is 3.06. The molecule has 0 aromatic carbocycles. The van der Waals surface area contributed by atoms with Gasteiger partial charge in [0.15, 0.2) is 0 Å². The summed E-state index contributed by atoms with van der Waals surface area (Å²) < 4.78 is 4.75. The van der Waals surface area contributed by atoms with Crippen LogP contribution in [0, 0.1) is 0 Å². The molecule has 0 radical (unpaired) electrons. The lowest BCUT2D eigenvalue weighted by Gasteiger charge is -2.03. The van der Waals surface area contributed by atoms with Crippen molar-refractivity contribution in [2.75, 3.05) is 13.2 Å². The molecule has 0 spiro atoms. The SMILES string of the molecule is CCCCCCOC(=O)C(=O)NCC. The van der Waals surface area contributed by atoms with Gasteiger partial charge in [-0.25, -0.2) is 4.79 Å². The fraction of sp³-hybridized carbons (Fsp3) is 0.800. The number of amides is 1. The van der Waals surface area contributed by atoms with Crippen molar-refractivity contribution in [1.82, 2.24) is 5.32 Å². The van der Waals surface area contributed by atoms with Crippen molar-refractivity contribution in [2.45, 2.75) is 39.5 Å². The molecule has 4 nitrogen and oxygen atoms in total. The fourth-order valence-electron chi connectivity index (χ4n) is 0.992. The highest BCUT2D eigenvalue weighted by molar-refractivity contribution is 6.32. The third-order valence-electron chi connectivity index (χ3n) is 1.75. The summed E-state index contributed by atoms with van der Waals surface area (Å²) in [5, 5.41) is 2.38. The number of carbonyl (C=O) groups is 2. The maximum Gasteiger partial charge on any atom is 0.396 e. The second kappa shape index (κ2) is 8.53. The van der Waals surface area contributed by atoms with E-state index in [-0.39, 0.29) is 0 Å². The quantitative estimate of drug-likeness (QED) is 0.399. The van der Waals surface area contributed by atoms with Crippen LogP contribution in [0.1, 0.15) is 39.5 Å². The highest BCUT2D eigenvalue weighted by atomic mass is 16.5. The molecule has 0 atom stereocenters. The van der Waals surface area contributed by atoms with Crippen molar-refractivity contribution in [2.24, 2.45) is 0 Å². The van der Waals surface area contributed by atoms with Crippen LogP contribution in [0.4, 0.5) is 0 Å². The van der Waals surface area contributed by atoms with Crippen molar-refractivity contribution in [3.8, 4) is 0 Å². The molecule has 0 aromatic rings. The van der Waals surface area contributed by atoms with Crippen molar-refractivity contribution in [3.63, 3.8) is 0 Å². The lowest BCUT2D eigenvalue weighted by atomic mass is 10.2. The van der Waals surface area contributed by atoms with Crippen LogP contribution < -0.4 is 5.32 Å². The van der Waals surface area contributed by atoms with Gasteiger partial charge in [-0.05, 0) is 13.3 Å². The normalized spacial score (nSPS) is 9.57. The van der Waals surface area contributed by atoms with Gasteiger partial charge in [0, 0.05) is 6.54 Å². The smallest absolute Gasteiger partial charge is 0.396 e. The Balaban J connectivity index is 3.39. The second-order valence-corrected chi connectivity index (χ2v) is 3.06. The molecule has 1 amide bonds. The lowest BCUT2D eigenvalue weighted by molar-refractivity contribution is -0.154. The largest absolute Gasteiger partial charge is 0.459 e. The van der Waals surface area contributed by atoms with Crippen LogP contribution in [0.15, 0.2) is 0 Å². The fourth-order valence-corrected chi connectivity index (χ4v) is 0.992. The van der Waals surface area contributed by atoms with Crippen molar-refractivity contribution in [3.05, 3.63) is 0 Å². The molecule has 4 heteroatoms. The number of rotatable bonds is 6. The Morgan fingerprint density at radius 3 is 2.43 bits per heavy atom. The molecule has 14 heavy (non-hydrogen) atoms. The predicted molar refractivity (Wildman–Crippen MR) is 53.8 cm³/mol. The van der Waals surface area contributed by atoms with E-state index >= 15 is 0 Å². The molecule has 1 N–H and O–H groups in total. The number of unbranched alkanes of at least 4 members (excludes halogenated alkanes) is 3. The van der Waals surface area contributed by atoms with E-state index in [1.807, 2.05) is 0 Å². The van der Waals surface area contributed by atoms with Crippen LogP contribution in [0.5, 0.6) is 0 Å². The van der Waals surface area contributed by atoms with E-state index in [9.17, 15) is 9.59 Å². The Hall–Kier alpha value is -1.06. The van der Waals surface area contributed by atoms with Gasteiger partial charge in [-0.15, -0.1) is 0 Å². The van der Waals surface area contributed by atoms with E-state index in [1.165, 1.54) is 0 Å². The molecule has 0 aliphatic heterocycles. The summed E-state index contributed by atoms with van der Waals surface area (Å²) in [5.74, 6) is -1.42. The number of likely N-dealkylation sites (N-methyl/N-ethyl adjacent to an activating group) is 1. The first-order chi connectivity index (χ1) is 6.72. The summed E-state index contributed by atoms with van der Waals surface area (Å²) in [6.45, 7) is 4.66. The van der Waals surface area contributed by atoms with Gasteiger partial charge in [0.2, 0.25) is 0 Å². The van der Waals surface area contributed by atoms with Gasteiger partial charge in [-0.2, -0.15) is 0 Å². The molecule has 0 aliphatic carbocycles. The minimum atomic E-state index is -0.775. The zero-order chi connectivity index (χ0) is 10.8. The third-order valence-corrected chi connectivity index (χ3v) is 1.75. The maximum atomic E-state index is 10.9. The molecule has 0 heterocycles. The Kier molecular flexibility index (Phi) is 7.89. The van der Waals surface area contributed by atoms with Gasteiger partial charge in [0.25, 0.3) is 0 Å². The van der Waals surface area contributed by atoms with E-state index in [2.05, 4.69) is 12.2 Å². The topological polar surface area (TPSA) is 55.4 Å². The van der Waals surface area contributed by atoms with Crippen molar-refractivity contribution < 1.29 is 14.3 Å². The molecule has 82 valence electrons. The summed E-state index contributed by atoms with van der Waals surface area (Å²) in [4.78, 5) is 21.8. The highest BCUT2D eigenvalue weighted by Gasteiger charge is 2.12. The predicted octanol–water partition coefficient (Wildman–Crippen LogP) is 1.25. The molecule has 0 unspecified atom stereocenters. The van der Waals surface area contributed by atoms with Gasteiger partial charge in [-0.1, -0.05) is 26.2 Å². The number of carbonyl (C=O) groups excluding carboxylic acids is 2. The van der Waals surface area contributed by atoms with Crippen LogP contribution in [-0.2, 0) is 14.3 Å². The van der Waals surface area contributed by atoms with Crippen LogP contribution in [0.25, 0.3) is 0 Å². The molecular formula is C10H19NO3. The molecule has 0 aliphatic rings. The van der Waals surface area contributed by atoms with Gasteiger partial charge < -0.3 is 10.1 Å². The van der Waals surface area contributed by atoms with E-state index in [0.717, 1.165) is 25.7 Å². The zero-order valence-electron chi connectivity index (χ0n) is 8.97. The zero-order valence-corrected chi connectivity index (χ0v) is 8.97. The van der Waals surface area contributed by atoms with E-state index in [1.54, 1.807) is 6.92 Å². The first-order valence-electron chi connectivity index (χ1n) is 5.17. The number of ether oxygens (including phenoxy) is 1. The molecule has 0 saturated heterocycles. The molecular weight excluding hydrogens is 182 g/mol. The summed E-state index contributed by atoms with van der Waals surface area (Å²) in [7, 11) is 0. The average molecular weight is 201 g/mol. The first kappa shape index (κ1) is 12.9. The number of nitrogens with one attached hydrogen (secondary N) is 1. The Morgan fingerprint density at radius 1 is 1.14 bits per heavy atom. The van der Waals surface area contributed by atoms with Crippen molar-refractivity contribution >= 4 is 11.9 Å². The highest BCUT2D eigenvalue weighted by Crippen LogP contribution is 1.98. The van der Waals surface area contributed by atoms with Crippen molar-refractivity contribution in [1.29, 1.82) is 0 Å². The minimum absolute atomic E-state index is 0.343. The Morgan fingerprint density at radius 2 is 1.86 bits per heavy atom. The van der Waals surface area contributed by atoms with Gasteiger partial charge >= 0.3 is 11.9 Å². The van der Waals surface area contributed by atoms with Gasteiger partial charge in [0.05, 0.1) is 6.61 Å². The molecule has 0 aromatic heterocycles. The van der Waals surface area contributed by atoms with Crippen LogP contribution in [0.3, 0.4) is 0 Å². The Labute approximate surface area is 85.0 Å². The number of hydrogen-bond acceptors (Lipinski definition) is 3. The number of hydrogen-bond donors (Lipinski definition) is 1. The Bertz CT molecular complexity index is 180. The lowest BCUT2D eigenvalue weighted by Crippen LogP contribution is -2.32. The average Bonchev–Trinajstić information content (AvgIpc) is 2.17. The van der Waals surface area contributed by atoms with Gasteiger partial charge in [-0.3, -0.25) is 4.79 Å². The number of esters is 1. The van der Waals surface area contributed by atoms with Crippen LogP contribution in [-0.4, -0.2) is 25.0 Å². The first-order valence-corrected chi connectivity index (χ1v) is 5.17. The molecule has 0 saturated carbocycles. The molecule has 0 rings (SSSR count). The summed E-state index contributed by atoms with van der Waals surface area (Å²) in [6, 6.07) is 0. The van der Waals surface area contributed by atoms with E-state index in [0.29, 0.717) is 13.2 Å². The standard InChI is InChI=1S/C10H19NO3/c1-3-5-6-7-8-14-10(13)9(12)11-4-2/h3-8H2,1-2H3,(H,11,12). The summed E-state index contributed by atoms with van der Waals surface area (Å²) in [6.07, 6.45) is 4.15. The summed E-state index contributed by atoms with van der Waals surface area (Å²) in [5.41, 5.74) is 0. The monoisotopic (exact) mass is 201 g/mol. The van der Waals surface area contributed by atoms with Gasteiger partial charge in [0.1, 0.15) is 0 Å². The minimum Gasteiger partial charge on any atom is -0.459 e. The van der Waals surface area contributed by atoms with E-state index in [4.69, 9.17) is 4.74 Å². The molecule has 0 bridgehead atoms. The van der Waals surface area contributed by atoms with Crippen LogP contribution >= 0.6 is 0 Å². The van der Waals surface area contributed by atoms with E-state index < -0.39 is 11.9 Å².